The summed E-state index contributed by atoms with van der Waals surface area (Å²) in [5, 5.41) is -0.725. The number of amides is 1. The van der Waals surface area contributed by atoms with E-state index in [1.165, 1.54) is 5.56 Å². The Morgan fingerprint density at radius 1 is 1.39 bits per heavy atom. The summed E-state index contributed by atoms with van der Waals surface area (Å²) in [6.45, 7) is 4.56. The quantitative estimate of drug-likeness (QED) is 0.664. The van der Waals surface area contributed by atoms with Gasteiger partial charge < -0.3 is 0 Å². The Hall–Kier alpha value is -0.730. The lowest BCUT2D eigenvalue weighted by Gasteiger charge is -2.09. The average molecular weight is 286 g/mol. The highest BCUT2D eigenvalue weighted by Crippen LogP contribution is 2.47. The lowest BCUT2D eigenvalue weighted by Crippen LogP contribution is -2.18. The highest BCUT2D eigenvalue weighted by molar-refractivity contribution is 6.34. The van der Waals surface area contributed by atoms with E-state index in [-0.39, 0.29) is 5.91 Å². The van der Waals surface area contributed by atoms with Crippen LogP contribution in [0, 0.1) is 17.8 Å². The largest absolute Gasteiger partial charge is 0.272 e. The normalized spacial score (nSPS) is 27.7. The minimum atomic E-state index is -0.725. The molecular formula is C14H17Cl2NO. The lowest BCUT2D eigenvalue weighted by atomic mass is 10.0. The molecule has 3 unspecified atom stereocenters. The lowest BCUT2D eigenvalue weighted by molar-refractivity contribution is -0.119. The summed E-state index contributed by atoms with van der Waals surface area (Å²) in [5.74, 6) is 1.97. The molecule has 1 aromatic rings. The molecule has 0 radical (unpaired) electrons. The third-order valence-electron chi connectivity index (χ3n) is 4.08. The van der Waals surface area contributed by atoms with Gasteiger partial charge in [0.25, 0.3) is 5.91 Å². The van der Waals surface area contributed by atoms with Crippen LogP contribution in [0.3, 0.4) is 0 Å². The van der Waals surface area contributed by atoms with Gasteiger partial charge in [-0.15, -0.1) is 11.6 Å². The first-order valence-electron chi connectivity index (χ1n) is 6.18. The molecule has 0 saturated heterocycles. The van der Waals surface area contributed by atoms with Crippen molar-refractivity contribution in [2.45, 2.75) is 25.6 Å². The molecule has 18 heavy (non-hydrogen) atoms. The molecule has 0 heterocycles. The van der Waals surface area contributed by atoms with Crippen LogP contribution in [-0.2, 0) is 11.2 Å². The molecule has 1 aliphatic rings. The van der Waals surface area contributed by atoms with Crippen LogP contribution in [0.2, 0.25) is 0 Å². The minimum absolute atomic E-state index is 0.386. The Kier molecular flexibility index (Phi) is 4.18. The highest BCUT2D eigenvalue weighted by Gasteiger charge is 2.42. The number of carbonyl (C=O) groups is 1. The number of halogens is 2. The SMILES string of the molecule is CC1C(C)C1Cc1cccc(C(Cl)C(=O)NCl)c1. The average Bonchev–Trinajstić information content (AvgIpc) is 2.95. The molecule has 1 aromatic carbocycles. The Labute approximate surface area is 118 Å². The highest BCUT2D eigenvalue weighted by atomic mass is 35.5. The van der Waals surface area contributed by atoms with Crippen LogP contribution in [0.1, 0.15) is 30.4 Å². The zero-order valence-electron chi connectivity index (χ0n) is 10.5. The third-order valence-corrected chi connectivity index (χ3v) is 4.71. The van der Waals surface area contributed by atoms with Gasteiger partial charge in [0, 0.05) is 11.8 Å². The Morgan fingerprint density at radius 2 is 2.06 bits per heavy atom. The Balaban J connectivity index is 2.08. The molecule has 0 aliphatic heterocycles. The van der Waals surface area contributed by atoms with Gasteiger partial charge in [-0.05, 0) is 35.3 Å². The van der Waals surface area contributed by atoms with Gasteiger partial charge in [0.05, 0.1) is 0 Å². The fourth-order valence-electron chi connectivity index (χ4n) is 2.49. The molecule has 3 atom stereocenters. The number of rotatable bonds is 4. The standard InChI is InChI=1S/C14H17Cl2NO/c1-8-9(2)12(8)7-10-4-3-5-11(6-10)13(15)14(18)17-16/h3-6,8-9,12-13H,7H2,1-2H3,(H,17,18). The van der Waals surface area contributed by atoms with E-state index in [0.29, 0.717) is 0 Å². The van der Waals surface area contributed by atoms with Crippen molar-refractivity contribution < 1.29 is 4.79 Å². The van der Waals surface area contributed by atoms with Gasteiger partial charge in [-0.25, -0.2) is 0 Å². The second-order valence-electron chi connectivity index (χ2n) is 5.15. The van der Waals surface area contributed by atoms with Crippen molar-refractivity contribution in [3.05, 3.63) is 35.4 Å². The van der Waals surface area contributed by atoms with Crippen LogP contribution < -0.4 is 4.84 Å². The maximum atomic E-state index is 11.4. The summed E-state index contributed by atoms with van der Waals surface area (Å²) in [6.07, 6.45) is 1.06. The second kappa shape index (κ2) is 5.50. The van der Waals surface area contributed by atoms with Gasteiger partial charge in [0.1, 0.15) is 5.38 Å². The van der Waals surface area contributed by atoms with E-state index < -0.39 is 5.38 Å². The van der Waals surface area contributed by atoms with E-state index in [9.17, 15) is 4.79 Å². The van der Waals surface area contributed by atoms with Crippen LogP contribution in [0.15, 0.2) is 24.3 Å². The monoisotopic (exact) mass is 285 g/mol. The second-order valence-corrected chi connectivity index (χ2v) is 5.78. The van der Waals surface area contributed by atoms with Crippen molar-refractivity contribution in [1.29, 1.82) is 0 Å². The molecule has 2 nitrogen and oxygen atoms in total. The first kappa shape index (κ1) is 13.7. The first-order valence-corrected chi connectivity index (χ1v) is 6.99. The van der Waals surface area contributed by atoms with Crippen molar-refractivity contribution in [3.8, 4) is 0 Å². The van der Waals surface area contributed by atoms with Gasteiger partial charge in [0.15, 0.2) is 0 Å². The number of alkyl halides is 1. The summed E-state index contributed by atoms with van der Waals surface area (Å²) in [5.41, 5.74) is 2.04. The summed E-state index contributed by atoms with van der Waals surface area (Å²) in [7, 11) is 0. The molecule has 98 valence electrons. The van der Waals surface area contributed by atoms with E-state index in [4.69, 9.17) is 23.4 Å². The fourth-order valence-corrected chi connectivity index (χ4v) is 2.84. The van der Waals surface area contributed by atoms with Gasteiger partial charge >= 0.3 is 0 Å². The van der Waals surface area contributed by atoms with Crippen molar-refractivity contribution >= 4 is 29.3 Å². The van der Waals surface area contributed by atoms with Crippen molar-refractivity contribution in [1.82, 2.24) is 4.84 Å². The van der Waals surface area contributed by atoms with Crippen LogP contribution in [0.25, 0.3) is 0 Å². The number of benzene rings is 1. The first-order chi connectivity index (χ1) is 8.54. The van der Waals surface area contributed by atoms with E-state index in [1.54, 1.807) is 0 Å². The molecule has 1 amide bonds. The van der Waals surface area contributed by atoms with E-state index >= 15 is 0 Å². The van der Waals surface area contributed by atoms with E-state index in [0.717, 1.165) is 29.7 Å². The van der Waals surface area contributed by atoms with Gasteiger partial charge in [-0.1, -0.05) is 38.1 Å². The molecule has 1 saturated carbocycles. The van der Waals surface area contributed by atoms with Gasteiger partial charge in [-0.2, -0.15) is 0 Å². The van der Waals surface area contributed by atoms with Crippen molar-refractivity contribution in [3.63, 3.8) is 0 Å². The number of carbonyl (C=O) groups excluding carboxylic acids is 1. The smallest absolute Gasteiger partial charge is 0.256 e. The van der Waals surface area contributed by atoms with Crippen LogP contribution >= 0.6 is 23.4 Å². The molecule has 0 spiro atoms. The van der Waals surface area contributed by atoms with Crippen LogP contribution in [-0.4, -0.2) is 5.91 Å². The third kappa shape index (κ3) is 2.81. The maximum Gasteiger partial charge on any atom is 0.256 e. The zero-order valence-corrected chi connectivity index (χ0v) is 12.0. The zero-order chi connectivity index (χ0) is 13.3. The van der Waals surface area contributed by atoms with Gasteiger partial charge in [0.2, 0.25) is 0 Å². The molecule has 0 aromatic heterocycles. The van der Waals surface area contributed by atoms with Crippen molar-refractivity contribution in [2.24, 2.45) is 17.8 Å². The van der Waals surface area contributed by atoms with Crippen molar-refractivity contribution in [2.75, 3.05) is 0 Å². The molecule has 0 bridgehead atoms. The molecule has 1 fully saturated rings. The topological polar surface area (TPSA) is 29.1 Å². The summed E-state index contributed by atoms with van der Waals surface area (Å²) in [6, 6.07) is 7.89. The number of nitrogens with one attached hydrogen (secondary N) is 1. The predicted octanol–water partition coefficient (Wildman–Crippen LogP) is 3.68. The summed E-state index contributed by atoms with van der Waals surface area (Å²) in [4.78, 5) is 13.4. The molecule has 1 aliphatic carbocycles. The van der Waals surface area contributed by atoms with Crippen LogP contribution in [0.5, 0.6) is 0 Å². The fraction of sp³-hybridized carbons (Fsp3) is 0.500. The predicted molar refractivity (Wildman–Crippen MR) is 74.6 cm³/mol. The minimum Gasteiger partial charge on any atom is -0.272 e. The number of hydrogen-bond donors (Lipinski definition) is 1. The molecule has 4 heteroatoms. The Morgan fingerprint density at radius 3 is 2.61 bits per heavy atom. The maximum absolute atomic E-state index is 11.4. The van der Waals surface area contributed by atoms with E-state index in [2.05, 4.69) is 24.7 Å². The molecular weight excluding hydrogens is 269 g/mol. The van der Waals surface area contributed by atoms with E-state index in [1.807, 2.05) is 18.2 Å². The van der Waals surface area contributed by atoms with Gasteiger partial charge in [-0.3, -0.25) is 9.63 Å². The summed E-state index contributed by atoms with van der Waals surface area (Å²) < 4.78 is 0. The Bertz CT molecular complexity index is 441. The number of hydrogen-bond acceptors (Lipinski definition) is 1. The molecule has 2 rings (SSSR count). The molecule has 1 N–H and O–H groups in total. The van der Waals surface area contributed by atoms with Crippen LogP contribution in [0.4, 0.5) is 0 Å². The summed E-state index contributed by atoms with van der Waals surface area (Å²) >= 11 is 11.3.